The van der Waals surface area contributed by atoms with Gasteiger partial charge in [0.25, 0.3) is 0 Å². The lowest BCUT2D eigenvalue weighted by atomic mass is 10.0. The van der Waals surface area contributed by atoms with Crippen molar-refractivity contribution in [3.05, 3.63) is 89.0 Å². The van der Waals surface area contributed by atoms with E-state index < -0.39 is 0 Å². The lowest BCUT2D eigenvalue weighted by Crippen LogP contribution is -1.94. The monoisotopic (exact) mass is 486 g/mol. The van der Waals surface area contributed by atoms with Crippen molar-refractivity contribution >= 4 is 30.1 Å². The summed E-state index contributed by atoms with van der Waals surface area (Å²) in [7, 11) is 7.99. The van der Waals surface area contributed by atoms with Crippen LogP contribution in [-0.4, -0.2) is 41.3 Å². The number of carbonyl (C=O) groups excluding carboxylic acids is 1. The number of ether oxygens (including phenoxy) is 5. The minimum Gasteiger partial charge on any atom is -0.497 e. The predicted molar refractivity (Wildman–Crippen MR) is 144 cm³/mol. The second-order valence-electron chi connectivity index (χ2n) is 7.62. The fourth-order valence-electron chi connectivity index (χ4n) is 3.49. The molecule has 0 amide bonds. The summed E-state index contributed by atoms with van der Waals surface area (Å²) in [5.74, 6) is 3.15. The Morgan fingerprint density at radius 1 is 0.556 bits per heavy atom. The Bertz CT molecular complexity index is 1270. The molecule has 0 N–H and O–H groups in total. The van der Waals surface area contributed by atoms with E-state index in [2.05, 4.69) is 0 Å². The lowest BCUT2D eigenvalue weighted by molar-refractivity contribution is -0.110. The van der Waals surface area contributed by atoms with Crippen LogP contribution in [-0.2, 0) is 4.79 Å². The zero-order valence-electron chi connectivity index (χ0n) is 21.1. The molecule has 0 radical (unpaired) electrons. The smallest absolute Gasteiger partial charge is 0.178 e. The van der Waals surface area contributed by atoms with Crippen LogP contribution in [0.1, 0.15) is 22.3 Å². The first kappa shape index (κ1) is 26.2. The van der Waals surface area contributed by atoms with Crippen molar-refractivity contribution in [2.24, 2.45) is 0 Å². The molecule has 6 heteroatoms. The average molecular weight is 487 g/mol. The van der Waals surface area contributed by atoms with E-state index in [-0.39, 0.29) is 5.78 Å². The van der Waals surface area contributed by atoms with Crippen LogP contribution >= 0.6 is 0 Å². The van der Waals surface area contributed by atoms with Gasteiger partial charge in [-0.3, -0.25) is 4.79 Å². The van der Waals surface area contributed by atoms with Crippen molar-refractivity contribution in [1.29, 1.82) is 0 Å². The van der Waals surface area contributed by atoms with E-state index in [1.165, 1.54) is 12.2 Å². The molecule has 0 bridgehead atoms. The summed E-state index contributed by atoms with van der Waals surface area (Å²) in [5, 5.41) is 0. The molecule has 3 aromatic rings. The Morgan fingerprint density at radius 2 is 1.17 bits per heavy atom. The number of allylic oxidation sites excluding steroid dienone is 2. The first-order valence-corrected chi connectivity index (χ1v) is 11.2. The van der Waals surface area contributed by atoms with Crippen LogP contribution in [0.2, 0.25) is 0 Å². The van der Waals surface area contributed by atoms with Gasteiger partial charge in [-0.15, -0.1) is 0 Å². The molecule has 186 valence electrons. The van der Waals surface area contributed by atoms with Gasteiger partial charge in [-0.25, -0.2) is 0 Å². The normalized spacial score (nSPS) is 11.2. The molecule has 0 aliphatic rings. The van der Waals surface area contributed by atoms with Crippen molar-refractivity contribution in [2.45, 2.75) is 0 Å². The molecule has 36 heavy (non-hydrogen) atoms. The molecule has 3 rings (SSSR count). The summed E-state index contributed by atoms with van der Waals surface area (Å²) >= 11 is 0. The van der Waals surface area contributed by atoms with Crippen LogP contribution in [0.3, 0.4) is 0 Å². The number of ketones is 1. The van der Waals surface area contributed by atoms with Crippen molar-refractivity contribution in [1.82, 2.24) is 0 Å². The third-order valence-electron chi connectivity index (χ3n) is 5.45. The lowest BCUT2D eigenvalue weighted by Gasteiger charge is -2.11. The molecule has 0 saturated carbocycles. The van der Waals surface area contributed by atoms with Crippen LogP contribution in [0.4, 0.5) is 0 Å². The third kappa shape index (κ3) is 6.79. The fraction of sp³-hybridized carbons (Fsp3) is 0.167. The van der Waals surface area contributed by atoms with E-state index in [0.29, 0.717) is 23.0 Å². The number of methoxy groups -OCH3 is 5. The number of rotatable bonds is 11. The SMILES string of the molecule is COc1ccc(/C=C/c2cc(OC)cc(OC)c2/C=C/C(=O)/C=C/c2cc(OC)ccc2OC)cc1. The molecule has 6 nitrogen and oxygen atoms in total. The van der Waals surface area contributed by atoms with Gasteiger partial charge >= 0.3 is 0 Å². The molecule has 0 saturated heterocycles. The van der Waals surface area contributed by atoms with E-state index in [0.717, 1.165) is 28.0 Å². The second kappa shape index (κ2) is 12.9. The number of hydrogen-bond donors (Lipinski definition) is 0. The second-order valence-corrected chi connectivity index (χ2v) is 7.62. The zero-order valence-corrected chi connectivity index (χ0v) is 21.1. The van der Waals surface area contributed by atoms with Gasteiger partial charge in [-0.05, 0) is 71.8 Å². The summed E-state index contributed by atoms with van der Waals surface area (Å²) in [6, 6.07) is 16.8. The minimum atomic E-state index is -0.192. The van der Waals surface area contributed by atoms with Gasteiger partial charge in [0.05, 0.1) is 35.5 Å². The highest BCUT2D eigenvalue weighted by Crippen LogP contribution is 2.32. The Kier molecular flexibility index (Phi) is 9.34. The largest absolute Gasteiger partial charge is 0.497 e. The van der Waals surface area contributed by atoms with Gasteiger partial charge in [0.2, 0.25) is 0 Å². The molecule has 3 aromatic carbocycles. The Labute approximate surface area is 212 Å². The molecule has 0 heterocycles. The summed E-state index contributed by atoms with van der Waals surface area (Å²) in [4.78, 5) is 12.7. The molecule has 0 unspecified atom stereocenters. The van der Waals surface area contributed by atoms with Gasteiger partial charge in [-0.1, -0.05) is 24.3 Å². The first-order chi connectivity index (χ1) is 17.5. The van der Waals surface area contributed by atoms with Crippen LogP contribution in [0.25, 0.3) is 24.3 Å². The van der Waals surface area contributed by atoms with Crippen molar-refractivity contribution in [3.8, 4) is 28.7 Å². The van der Waals surface area contributed by atoms with E-state index in [9.17, 15) is 4.79 Å². The molecule has 0 atom stereocenters. The Morgan fingerprint density at radius 3 is 1.81 bits per heavy atom. The highest BCUT2D eigenvalue weighted by Gasteiger charge is 2.09. The van der Waals surface area contributed by atoms with Gasteiger partial charge in [0.1, 0.15) is 28.7 Å². The van der Waals surface area contributed by atoms with Crippen molar-refractivity contribution < 1.29 is 28.5 Å². The van der Waals surface area contributed by atoms with Gasteiger partial charge < -0.3 is 23.7 Å². The van der Waals surface area contributed by atoms with Crippen LogP contribution in [0.15, 0.2) is 66.7 Å². The van der Waals surface area contributed by atoms with Crippen molar-refractivity contribution in [3.63, 3.8) is 0 Å². The predicted octanol–water partition coefficient (Wildman–Crippen LogP) is 6.20. The highest BCUT2D eigenvalue weighted by molar-refractivity contribution is 6.05. The number of benzene rings is 3. The third-order valence-corrected chi connectivity index (χ3v) is 5.45. The Balaban J connectivity index is 1.90. The van der Waals surface area contributed by atoms with E-state index >= 15 is 0 Å². The van der Waals surface area contributed by atoms with E-state index in [4.69, 9.17) is 23.7 Å². The summed E-state index contributed by atoms with van der Waals surface area (Å²) < 4.78 is 26.9. The fourth-order valence-corrected chi connectivity index (χ4v) is 3.49. The van der Waals surface area contributed by atoms with E-state index in [1.807, 2.05) is 42.5 Å². The first-order valence-electron chi connectivity index (χ1n) is 11.2. The van der Waals surface area contributed by atoms with Crippen LogP contribution < -0.4 is 23.7 Å². The maximum atomic E-state index is 12.7. The quantitative estimate of drug-likeness (QED) is 0.238. The Hall–Kier alpha value is -4.45. The molecule has 0 aliphatic heterocycles. The van der Waals surface area contributed by atoms with Crippen LogP contribution in [0, 0.1) is 0 Å². The molecular formula is C30H30O6. The summed E-state index contributed by atoms with van der Waals surface area (Å²) in [6.07, 6.45) is 10.3. The minimum absolute atomic E-state index is 0.192. The molecule has 0 aliphatic carbocycles. The average Bonchev–Trinajstić information content (AvgIpc) is 2.93. The van der Waals surface area contributed by atoms with Gasteiger partial charge in [-0.2, -0.15) is 0 Å². The maximum absolute atomic E-state index is 12.7. The van der Waals surface area contributed by atoms with Crippen molar-refractivity contribution in [2.75, 3.05) is 35.5 Å². The molecule has 0 fully saturated rings. The van der Waals surface area contributed by atoms with E-state index in [1.54, 1.807) is 72.0 Å². The summed E-state index contributed by atoms with van der Waals surface area (Å²) in [6.45, 7) is 0. The van der Waals surface area contributed by atoms with Crippen LogP contribution in [0.5, 0.6) is 28.7 Å². The topological polar surface area (TPSA) is 63.2 Å². The maximum Gasteiger partial charge on any atom is 0.178 e. The van der Waals surface area contributed by atoms with Gasteiger partial charge in [0, 0.05) is 17.2 Å². The number of carbonyl (C=O) groups is 1. The zero-order chi connectivity index (χ0) is 25.9. The molecule has 0 aromatic heterocycles. The molecular weight excluding hydrogens is 456 g/mol. The molecule has 0 spiro atoms. The van der Waals surface area contributed by atoms with Gasteiger partial charge in [0.15, 0.2) is 5.78 Å². The standard InChI is InChI=1S/C30H30O6/c1-32-25-13-7-21(8-14-25)6-9-22-18-27(34-3)20-30(36-5)28(22)16-12-24(31)11-10-23-19-26(33-2)15-17-29(23)35-4/h6-20H,1-5H3/b9-6+,11-10+,16-12+. The highest BCUT2D eigenvalue weighted by atomic mass is 16.5. The number of hydrogen-bond acceptors (Lipinski definition) is 6. The summed E-state index contributed by atoms with van der Waals surface area (Å²) in [5.41, 5.74) is 3.33.